The highest BCUT2D eigenvalue weighted by atomic mass is 16.5. The fourth-order valence-electron chi connectivity index (χ4n) is 2.24. The van der Waals surface area contributed by atoms with Crippen LogP contribution in [0.4, 0.5) is 0 Å². The maximum absolute atomic E-state index is 5.77. The zero-order valence-corrected chi connectivity index (χ0v) is 12.4. The first-order chi connectivity index (χ1) is 9.71. The number of benzene rings is 1. The molecule has 0 spiro atoms. The third kappa shape index (κ3) is 2.82. The van der Waals surface area contributed by atoms with Gasteiger partial charge in [-0.3, -0.25) is 0 Å². The van der Waals surface area contributed by atoms with Gasteiger partial charge in [0.25, 0.3) is 0 Å². The maximum Gasteiger partial charge on any atom is 0.144 e. The second kappa shape index (κ2) is 6.52. The minimum atomic E-state index is 0.410. The number of methoxy groups -OCH3 is 1. The number of ether oxygens (including phenoxy) is 1. The lowest BCUT2D eigenvalue weighted by molar-refractivity contribution is 0.410. The molecular formula is C15H22N4O. The molecule has 0 unspecified atom stereocenters. The Hall–Kier alpha value is -1.88. The van der Waals surface area contributed by atoms with Crippen LogP contribution >= 0.6 is 0 Å². The number of aryl methyl sites for hydroxylation is 1. The van der Waals surface area contributed by atoms with Crippen LogP contribution in [0.5, 0.6) is 5.75 Å². The summed E-state index contributed by atoms with van der Waals surface area (Å²) >= 11 is 0. The van der Waals surface area contributed by atoms with Crippen LogP contribution in [0.3, 0.4) is 0 Å². The highest BCUT2D eigenvalue weighted by Gasteiger charge is 2.15. The third-order valence-corrected chi connectivity index (χ3v) is 3.37. The number of hydrogen-bond donors (Lipinski definition) is 1. The first-order valence-corrected chi connectivity index (χ1v) is 6.99. The summed E-state index contributed by atoms with van der Waals surface area (Å²) in [5, 5.41) is 8.47. The standard InChI is InChI=1S/C15H22N4O/c1-4-5-6-13-12(10-16)17-18-19(13)14-9-11(2)7-8-15(14)20-3/h7-9H,4-6,10,16H2,1-3H3. The van der Waals surface area contributed by atoms with Gasteiger partial charge in [-0.1, -0.05) is 24.6 Å². The lowest BCUT2D eigenvalue weighted by Gasteiger charge is -2.12. The largest absolute Gasteiger partial charge is 0.494 e. The second-order valence-corrected chi connectivity index (χ2v) is 4.88. The Balaban J connectivity index is 2.51. The van der Waals surface area contributed by atoms with E-state index < -0.39 is 0 Å². The SMILES string of the molecule is CCCCc1c(CN)nnn1-c1cc(C)ccc1OC. The van der Waals surface area contributed by atoms with Crippen LogP contribution in [0.2, 0.25) is 0 Å². The first-order valence-electron chi connectivity index (χ1n) is 6.99. The number of unbranched alkanes of at least 4 members (excludes halogenated alkanes) is 1. The number of hydrogen-bond acceptors (Lipinski definition) is 4. The maximum atomic E-state index is 5.77. The molecule has 20 heavy (non-hydrogen) atoms. The molecule has 2 rings (SSSR count). The molecule has 1 aromatic carbocycles. The van der Waals surface area contributed by atoms with Crippen LogP contribution < -0.4 is 10.5 Å². The van der Waals surface area contributed by atoms with Crippen molar-refractivity contribution in [2.45, 2.75) is 39.7 Å². The van der Waals surface area contributed by atoms with Gasteiger partial charge in [0.05, 0.1) is 18.5 Å². The van der Waals surface area contributed by atoms with E-state index in [4.69, 9.17) is 10.5 Å². The average molecular weight is 274 g/mol. The van der Waals surface area contributed by atoms with E-state index in [0.29, 0.717) is 6.54 Å². The summed E-state index contributed by atoms with van der Waals surface area (Å²) in [6.07, 6.45) is 3.14. The van der Waals surface area contributed by atoms with Crippen LogP contribution in [0, 0.1) is 6.92 Å². The molecule has 0 fully saturated rings. The van der Waals surface area contributed by atoms with Crippen LogP contribution in [0.25, 0.3) is 5.69 Å². The van der Waals surface area contributed by atoms with Gasteiger partial charge in [-0.2, -0.15) is 0 Å². The Kier molecular flexibility index (Phi) is 4.74. The van der Waals surface area contributed by atoms with E-state index in [1.165, 1.54) is 0 Å². The summed E-state index contributed by atoms with van der Waals surface area (Å²) in [5.74, 6) is 0.793. The van der Waals surface area contributed by atoms with Gasteiger partial charge in [-0.05, 0) is 37.5 Å². The van der Waals surface area contributed by atoms with Crippen LogP contribution in [0.1, 0.15) is 36.7 Å². The molecule has 0 aliphatic carbocycles. The molecule has 0 atom stereocenters. The molecule has 2 N–H and O–H groups in total. The third-order valence-electron chi connectivity index (χ3n) is 3.37. The molecule has 0 saturated heterocycles. The summed E-state index contributed by atoms with van der Waals surface area (Å²) in [7, 11) is 1.67. The van der Waals surface area contributed by atoms with Crippen molar-refractivity contribution in [2.75, 3.05) is 7.11 Å². The zero-order valence-electron chi connectivity index (χ0n) is 12.4. The van der Waals surface area contributed by atoms with Gasteiger partial charge >= 0.3 is 0 Å². The summed E-state index contributed by atoms with van der Waals surface area (Å²) in [6.45, 7) is 4.63. The van der Waals surface area contributed by atoms with Gasteiger partial charge in [0, 0.05) is 6.54 Å². The van der Waals surface area contributed by atoms with Crippen molar-refractivity contribution in [3.05, 3.63) is 35.2 Å². The fourth-order valence-corrected chi connectivity index (χ4v) is 2.24. The first kappa shape index (κ1) is 14.5. The number of nitrogens with zero attached hydrogens (tertiary/aromatic N) is 3. The molecule has 2 aromatic rings. The van der Waals surface area contributed by atoms with Gasteiger partial charge in [0.15, 0.2) is 0 Å². The average Bonchev–Trinajstić information content (AvgIpc) is 2.87. The molecule has 0 aliphatic rings. The van der Waals surface area contributed by atoms with Crippen molar-refractivity contribution in [1.82, 2.24) is 15.0 Å². The smallest absolute Gasteiger partial charge is 0.144 e. The molecule has 5 heteroatoms. The Labute approximate surface area is 119 Å². The molecular weight excluding hydrogens is 252 g/mol. The Bertz CT molecular complexity index is 577. The monoisotopic (exact) mass is 274 g/mol. The van der Waals surface area contributed by atoms with Crippen LogP contribution in [-0.2, 0) is 13.0 Å². The summed E-state index contributed by atoms with van der Waals surface area (Å²) in [6, 6.07) is 6.04. The van der Waals surface area contributed by atoms with E-state index in [2.05, 4.69) is 30.2 Å². The van der Waals surface area contributed by atoms with Gasteiger partial charge in [0.1, 0.15) is 11.4 Å². The lowest BCUT2D eigenvalue weighted by Crippen LogP contribution is -2.07. The highest BCUT2D eigenvalue weighted by Crippen LogP contribution is 2.25. The van der Waals surface area contributed by atoms with Gasteiger partial charge < -0.3 is 10.5 Å². The van der Waals surface area contributed by atoms with E-state index in [1.807, 2.05) is 16.8 Å². The Morgan fingerprint density at radius 3 is 2.80 bits per heavy atom. The second-order valence-electron chi connectivity index (χ2n) is 4.88. The lowest BCUT2D eigenvalue weighted by atomic mass is 10.1. The summed E-state index contributed by atoms with van der Waals surface area (Å²) in [4.78, 5) is 0. The molecule has 0 saturated carbocycles. The Morgan fingerprint density at radius 1 is 1.35 bits per heavy atom. The van der Waals surface area contributed by atoms with Crippen molar-refractivity contribution in [3.63, 3.8) is 0 Å². The van der Waals surface area contributed by atoms with Crippen molar-refractivity contribution >= 4 is 0 Å². The predicted molar refractivity (Wildman–Crippen MR) is 79.2 cm³/mol. The predicted octanol–water partition coefficient (Wildman–Crippen LogP) is 2.39. The number of nitrogens with two attached hydrogens (primary N) is 1. The van der Waals surface area contributed by atoms with E-state index in [0.717, 1.165) is 47.7 Å². The molecule has 0 amide bonds. The normalized spacial score (nSPS) is 10.8. The number of aromatic nitrogens is 3. The summed E-state index contributed by atoms with van der Waals surface area (Å²) < 4.78 is 7.30. The summed E-state index contributed by atoms with van der Waals surface area (Å²) in [5.41, 5.74) is 9.79. The highest BCUT2D eigenvalue weighted by molar-refractivity contribution is 5.49. The van der Waals surface area contributed by atoms with E-state index in [1.54, 1.807) is 7.11 Å². The minimum Gasteiger partial charge on any atom is -0.494 e. The topological polar surface area (TPSA) is 66.0 Å². The molecule has 0 radical (unpaired) electrons. The zero-order chi connectivity index (χ0) is 14.5. The van der Waals surface area contributed by atoms with E-state index in [-0.39, 0.29) is 0 Å². The quantitative estimate of drug-likeness (QED) is 0.878. The Morgan fingerprint density at radius 2 is 2.15 bits per heavy atom. The molecule has 0 bridgehead atoms. The van der Waals surface area contributed by atoms with Crippen molar-refractivity contribution in [1.29, 1.82) is 0 Å². The molecule has 108 valence electrons. The number of rotatable bonds is 6. The van der Waals surface area contributed by atoms with E-state index >= 15 is 0 Å². The van der Waals surface area contributed by atoms with Gasteiger partial charge in [0.2, 0.25) is 0 Å². The van der Waals surface area contributed by atoms with Gasteiger partial charge in [-0.15, -0.1) is 5.10 Å². The molecule has 1 aromatic heterocycles. The van der Waals surface area contributed by atoms with Crippen molar-refractivity contribution in [2.24, 2.45) is 5.73 Å². The molecule has 1 heterocycles. The molecule has 0 aliphatic heterocycles. The fraction of sp³-hybridized carbons (Fsp3) is 0.467. The van der Waals surface area contributed by atoms with Crippen molar-refractivity contribution < 1.29 is 4.74 Å². The molecule has 5 nitrogen and oxygen atoms in total. The van der Waals surface area contributed by atoms with E-state index in [9.17, 15) is 0 Å². The van der Waals surface area contributed by atoms with Crippen molar-refractivity contribution in [3.8, 4) is 11.4 Å². The minimum absolute atomic E-state index is 0.410. The van der Waals surface area contributed by atoms with Crippen LogP contribution in [0.15, 0.2) is 18.2 Å². The van der Waals surface area contributed by atoms with Crippen LogP contribution in [-0.4, -0.2) is 22.1 Å². The van der Waals surface area contributed by atoms with Gasteiger partial charge in [-0.25, -0.2) is 4.68 Å².